The van der Waals surface area contributed by atoms with Gasteiger partial charge in [-0.2, -0.15) is 0 Å². The average molecular weight is 1660 g/mol. The van der Waals surface area contributed by atoms with Crippen molar-refractivity contribution in [2.75, 3.05) is 45.8 Å². The van der Waals surface area contributed by atoms with Crippen LogP contribution in [0.3, 0.4) is 0 Å². The lowest BCUT2D eigenvalue weighted by Crippen LogP contribution is -2.61. The summed E-state index contributed by atoms with van der Waals surface area (Å²) in [5.41, 5.74) is 58.2. The van der Waals surface area contributed by atoms with E-state index in [0.717, 1.165) is 0 Å². The monoisotopic (exact) mass is 1660 g/mol. The maximum atomic E-state index is 15.1. The molecule has 0 radical (unpaired) electrons. The van der Waals surface area contributed by atoms with Gasteiger partial charge in [-0.3, -0.25) is 82.1 Å². The predicted molar refractivity (Wildman–Crippen MR) is 442 cm³/mol. The molecule has 0 bridgehead atoms. The van der Waals surface area contributed by atoms with E-state index < -0.39 is 174 Å². The van der Waals surface area contributed by atoms with Gasteiger partial charge in [0.15, 0.2) is 17.9 Å². The number of unbranched alkanes of at least 4 members (excludes halogenated alkanes) is 2. The zero-order valence-corrected chi connectivity index (χ0v) is 68.6. The lowest BCUT2D eigenvalue weighted by Gasteiger charge is -2.32. The molecule has 1 fully saturated rings. The first-order chi connectivity index (χ1) is 55.9. The Morgan fingerprint density at radius 1 is 0.466 bits per heavy atom. The number of nitrogens with two attached hydrogens (primary N) is 10. The van der Waals surface area contributed by atoms with Crippen LogP contribution in [0.4, 0.5) is 0 Å². The number of aromatic hydroxyl groups is 1. The fourth-order valence-electron chi connectivity index (χ4n) is 12.8. The van der Waals surface area contributed by atoms with Crippen LogP contribution in [0.1, 0.15) is 168 Å². The summed E-state index contributed by atoms with van der Waals surface area (Å²) in [5.74, 6) is -14.4. The number of hydrogen-bond donors (Lipinski definition) is 23. The van der Waals surface area contributed by atoms with E-state index in [-0.39, 0.29) is 158 Å². The Morgan fingerprint density at radius 3 is 1.36 bits per heavy atom. The summed E-state index contributed by atoms with van der Waals surface area (Å²) in [4.78, 5) is 210. The van der Waals surface area contributed by atoms with Crippen LogP contribution in [0.25, 0.3) is 0 Å². The second-order valence-electron chi connectivity index (χ2n) is 30.2. The van der Waals surface area contributed by atoms with Crippen LogP contribution in [0.2, 0.25) is 0 Å². The number of carboxylic acid groups (broad SMARTS) is 1. The van der Waals surface area contributed by atoms with Gasteiger partial charge in [-0.1, -0.05) is 90.4 Å². The van der Waals surface area contributed by atoms with Crippen molar-refractivity contribution in [3.8, 4) is 5.75 Å². The van der Waals surface area contributed by atoms with Gasteiger partial charge in [0.1, 0.15) is 72.2 Å². The Balaban J connectivity index is 2.00. The Labute approximate surface area is 688 Å². The van der Waals surface area contributed by atoms with Gasteiger partial charge in [0.05, 0.1) is 19.0 Å². The molecule has 13 amide bonds. The summed E-state index contributed by atoms with van der Waals surface area (Å²) >= 11 is 0. The molecule has 13 atom stereocenters. The summed E-state index contributed by atoms with van der Waals surface area (Å²) in [5, 5.41) is 48.4. The van der Waals surface area contributed by atoms with Gasteiger partial charge in [-0.15, -0.1) is 0 Å². The van der Waals surface area contributed by atoms with Crippen molar-refractivity contribution >= 4 is 101 Å². The lowest BCUT2D eigenvalue weighted by atomic mass is 9.96. The molecule has 118 heavy (non-hydrogen) atoms. The van der Waals surface area contributed by atoms with Crippen molar-refractivity contribution < 1.29 is 77.3 Å². The van der Waals surface area contributed by atoms with E-state index in [1.165, 1.54) is 29.2 Å². The fraction of sp³-hybridized carbons (Fsp3) is 0.623. The summed E-state index contributed by atoms with van der Waals surface area (Å²) in [7, 11) is 0. The maximum absolute atomic E-state index is 15.1. The maximum Gasteiger partial charge on any atom is 0.305 e. The third kappa shape index (κ3) is 38.5. The second kappa shape index (κ2) is 53.7. The number of amides is 13. The molecule has 0 aromatic heterocycles. The number of hydrogen-bond acceptors (Lipinski definition) is 21. The highest BCUT2D eigenvalue weighted by Gasteiger charge is 2.42. The molecule has 41 nitrogen and oxygen atoms in total. The number of primary amides is 1. The Morgan fingerprint density at radius 2 is 0.890 bits per heavy atom. The molecule has 1 heterocycles. The smallest absolute Gasteiger partial charge is 0.305 e. The molecule has 0 saturated carbocycles. The summed E-state index contributed by atoms with van der Waals surface area (Å²) in [6.45, 7) is 10.3. The van der Waals surface area contributed by atoms with Crippen molar-refractivity contribution in [3.05, 3.63) is 65.7 Å². The normalized spacial score (nSPS) is 15.4. The molecule has 2 aromatic carbocycles. The topological polar surface area (TPSA) is 712 Å². The van der Waals surface area contributed by atoms with Crippen molar-refractivity contribution in [2.24, 2.45) is 90.1 Å². The molecule has 0 unspecified atom stereocenters. The largest absolute Gasteiger partial charge is 0.508 e. The number of carboxylic acids is 1. The van der Waals surface area contributed by atoms with Gasteiger partial charge < -0.3 is 131 Å². The third-order valence-corrected chi connectivity index (χ3v) is 19.3. The minimum atomic E-state index is -1.71. The SMILES string of the molecule is CC[C@H](C)[C@H](NC(=O)[C@H](CCCN=C(N)N)NC(=O)[C@H](CCCN=C(N)N)NC(=O)[C@H](CC(C)C)NC(=O)[C@H](Cc1ccccc1)NC(=O)CNC(=O)[C@@H](CC(=O)O)NC(=O)[C@@H](N)Cc1ccc(O)cc1)C(=O)N[C@@H](CCCN=C(N)N)C(=O)N1CCC[C@@H]1C(=O)N[C@@H](CCCCN)C(=O)N[C@@H](CC(C)C)C(=O)N[C@@H](CCCCN)C(N)=O. The van der Waals surface area contributed by atoms with E-state index >= 15 is 9.59 Å². The zero-order valence-electron chi connectivity index (χ0n) is 68.6. The van der Waals surface area contributed by atoms with E-state index in [0.29, 0.717) is 49.8 Å². The Hall–Kier alpha value is -11.5. The number of phenolic OH excluding ortho intramolecular Hbond substituents is 1. The number of nitrogens with zero attached hydrogens (tertiary/aromatic N) is 4. The van der Waals surface area contributed by atoms with E-state index in [9.17, 15) is 67.7 Å². The molecule has 1 saturated heterocycles. The van der Waals surface area contributed by atoms with Crippen LogP contribution in [-0.4, -0.2) is 234 Å². The second-order valence-corrected chi connectivity index (χ2v) is 30.2. The van der Waals surface area contributed by atoms with Crippen LogP contribution in [0.15, 0.2) is 69.6 Å². The first-order valence-corrected chi connectivity index (χ1v) is 40.1. The van der Waals surface area contributed by atoms with Gasteiger partial charge in [0.2, 0.25) is 76.8 Å². The van der Waals surface area contributed by atoms with Crippen LogP contribution in [0, 0.1) is 17.8 Å². The number of aliphatic carboxylic acids is 1. The number of phenols is 1. The van der Waals surface area contributed by atoms with E-state index in [4.69, 9.17) is 57.3 Å². The highest BCUT2D eigenvalue weighted by molar-refractivity contribution is 6.00. The summed E-state index contributed by atoms with van der Waals surface area (Å²) in [6.07, 6.45) is 1.65. The number of benzene rings is 2. The number of carbonyl (C=O) groups is 14. The molecule has 0 aliphatic carbocycles. The minimum absolute atomic E-state index is 0.00338. The van der Waals surface area contributed by atoms with Crippen LogP contribution in [0.5, 0.6) is 5.75 Å². The molecule has 2 aromatic rings. The standard InChI is InChI=1S/C77H129N25O16/c1-7-45(6)62(73(117)97-54(25-17-35-90-77(86)87)74(118)102-36-18-26-59(102)72(116)96-51(22-12-14-32-79)67(111)99-55(37-43(2)3)69(113)93-50(63(81)107)21-11-13-31-78)101-68(112)53(24-16-34-89-76(84)85)94-66(110)52(23-15-33-88-75(82)83)95-70(114)56(38-44(4)5)100-71(115)57(40-46-19-9-8-10-20-46)92-60(104)42-91-65(109)58(41-61(105)106)98-64(108)49(80)39-47-27-29-48(103)30-28-47/h8-10,19-20,27-30,43-45,49-59,62,103H,7,11-18,21-26,31-42,78-80H2,1-6H3,(H2,81,107)(H,91,109)(H,92,104)(H,93,113)(H,94,110)(H,95,114)(H,96,116)(H,97,117)(H,98,108)(H,99,111)(H,100,115)(H,101,112)(H,105,106)(H4,82,83,88)(H4,84,85,89)(H4,86,87,90)/t45-,49-,50-,51-,52-,53-,54-,55-,56-,57-,58+,59+,62-/m0/s1. The quantitative estimate of drug-likeness (QED) is 0.0167. The van der Waals surface area contributed by atoms with E-state index in [2.05, 4.69) is 73.5 Å². The van der Waals surface area contributed by atoms with E-state index in [1.807, 2.05) is 13.8 Å². The molecule has 1 aliphatic rings. The number of rotatable bonds is 56. The zero-order chi connectivity index (χ0) is 88.1. The predicted octanol–water partition coefficient (Wildman–Crippen LogP) is -5.02. The lowest BCUT2D eigenvalue weighted by molar-refractivity contribution is -0.143. The third-order valence-electron chi connectivity index (χ3n) is 19.3. The first-order valence-electron chi connectivity index (χ1n) is 40.1. The highest BCUT2D eigenvalue weighted by Crippen LogP contribution is 2.23. The molecule has 3 rings (SSSR count). The molecular weight excluding hydrogens is 1530 g/mol. The molecule has 658 valence electrons. The van der Waals surface area contributed by atoms with Crippen LogP contribution in [-0.2, 0) is 80.0 Å². The van der Waals surface area contributed by atoms with Crippen LogP contribution >= 0.6 is 0 Å². The van der Waals surface area contributed by atoms with Crippen molar-refractivity contribution in [1.29, 1.82) is 0 Å². The van der Waals surface area contributed by atoms with Gasteiger partial charge in [0, 0.05) is 32.6 Å². The first kappa shape index (κ1) is 101. The summed E-state index contributed by atoms with van der Waals surface area (Å²) in [6, 6.07) is -2.12. The number of guanidine groups is 3. The average Bonchev–Trinajstić information content (AvgIpc) is 1.63. The van der Waals surface area contributed by atoms with Crippen molar-refractivity contribution in [3.63, 3.8) is 0 Å². The molecule has 1 aliphatic heterocycles. The highest BCUT2D eigenvalue weighted by atomic mass is 16.4. The Bertz CT molecular complexity index is 3690. The molecular formula is C77H129N25O16. The number of likely N-dealkylation sites (tertiary alicyclic amines) is 1. The van der Waals surface area contributed by atoms with Gasteiger partial charge in [-0.25, -0.2) is 0 Å². The van der Waals surface area contributed by atoms with Crippen LogP contribution < -0.4 is 116 Å². The van der Waals surface area contributed by atoms with Gasteiger partial charge in [0.25, 0.3) is 0 Å². The van der Waals surface area contributed by atoms with E-state index in [1.54, 1.807) is 58.0 Å². The summed E-state index contributed by atoms with van der Waals surface area (Å²) < 4.78 is 0. The minimum Gasteiger partial charge on any atom is -0.508 e. The Kier molecular flexibility index (Phi) is 45.8. The molecule has 0 spiro atoms. The van der Waals surface area contributed by atoms with Gasteiger partial charge in [-0.05, 0) is 163 Å². The van der Waals surface area contributed by atoms with Crippen molar-refractivity contribution in [1.82, 2.24) is 63.4 Å². The molecule has 33 N–H and O–H groups in total. The number of aliphatic imine (C=N–C) groups is 3. The molecule has 41 heteroatoms. The number of nitrogens with one attached hydrogen (secondary N) is 11. The number of carbonyl (C=O) groups excluding carboxylic acids is 13. The fourth-order valence-corrected chi connectivity index (χ4v) is 12.8. The van der Waals surface area contributed by atoms with Gasteiger partial charge >= 0.3 is 5.97 Å². The van der Waals surface area contributed by atoms with Crippen molar-refractivity contribution in [2.45, 2.75) is 242 Å².